The molecule has 3 N–H and O–H groups in total. The highest BCUT2D eigenvalue weighted by molar-refractivity contribution is 7.91. The standard InChI is InChI=1S/3C24H26N6O2S/c3*1-28-13-15-29(16-14-28)20-6-3-5-19(17-20)25-24-26-23-22(7-4-12-30(23)27-24)18-8-10-21(11-9-18)33(2,31)32/h3*3-12,17H,13-16H2,1-2H3,(H,25,27). The minimum absolute atomic E-state index is 0.294. The van der Waals surface area contributed by atoms with Crippen LogP contribution in [0.1, 0.15) is 0 Å². The van der Waals surface area contributed by atoms with E-state index in [4.69, 9.17) is 15.0 Å². The van der Waals surface area contributed by atoms with Crippen molar-refractivity contribution in [1.82, 2.24) is 58.5 Å². The summed E-state index contributed by atoms with van der Waals surface area (Å²) in [4.78, 5) is 29.2. The summed E-state index contributed by atoms with van der Waals surface area (Å²) in [5.41, 5.74) is 13.7. The first-order valence-corrected chi connectivity index (χ1v) is 38.2. The van der Waals surface area contributed by atoms with Gasteiger partial charge in [0, 0.05) is 167 Å². The number of anilines is 9. The van der Waals surface area contributed by atoms with Gasteiger partial charge in [0.2, 0.25) is 17.8 Å². The van der Waals surface area contributed by atoms with Gasteiger partial charge < -0.3 is 45.3 Å². The second kappa shape index (κ2) is 28.7. The Kier molecular flexibility index (Phi) is 19.5. The Morgan fingerprint density at radius 3 is 0.808 bits per heavy atom. The molecule has 6 aromatic heterocycles. The highest BCUT2D eigenvalue weighted by atomic mass is 32.2. The molecule has 99 heavy (non-hydrogen) atoms. The van der Waals surface area contributed by atoms with Crippen LogP contribution in [0.4, 0.5) is 52.0 Å². The van der Waals surface area contributed by atoms with Gasteiger partial charge in [-0.2, -0.15) is 15.0 Å². The van der Waals surface area contributed by atoms with E-state index in [0.29, 0.717) is 49.5 Å². The molecule has 0 unspecified atom stereocenters. The number of fused-ring (bicyclic) bond motifs is 3. The van der Waals surface area contributed by atoms with Gasteiger partial charge in [-0.05, 0) is 165 Å². The van der Waals surface area contributed by atoms with E-state index in [2.05, 4.69) is 118 Å². The Morgan fingerprint density at radius 1 is 0.313 bits per heavy atom. The van der Waals surface area contributed by atoms with Gasteiger partial charge in [0.25, 0.3) is 0 Å². The number of likely N-dealkylation sites (N-methyl/N-ethyl adjacent to an activating group) is 3. The molecule has 0 bridgehead atoms. The maximum absolute atomic E-state index is 11.8. The summed E-state index contributed by atoms with van der Waals surface area (Å²) in [5.74, 6) is 1.52. The molecule has 0 amide bonds. The number of aromatic nitrogens is 9. The summed E-state index contributed by atoms with van der Waals surface area (Å²) >= 11 is 0. The van der Waals surface area contributed by atoms with Crippen molar-refractivity contribution in [3.8, 4) is 33.4 Å². The number of hydrogen-bond acceptors (Lipinski definition) is 21. The highest BCUT2D eigenvalue weighted by Crippen LogP contribution is 2.32. The minimum Gasteiger partial charge on any atom is -0.369 e. The molecule has 0 atom stereocenters. The van der Waals surface area contributed by atoms with E-state index in [9.17, 15) is 25.3 Å². The van der Waals surface area contributed by atoms with E-state index in [1.165, 1.54) is 35.8 Å². The molecule has 0 saturated carbocycles. The van der Waals surface area contributed by atoms with Gasteiger partial charge in [0.15, 0.2) is 46.5 Å². The molecule has 510 valence electrons. The molecule has 0 radical (unpaired) electrons. The first-order valence-electron chi connectivity index (χ1n) is 32.5. The number of piperazine rings is 3. The van der Waals surface area contributed by atoms with Crippen molar-refractivity contribution >= 4 is 98.4 Å². The SMILES string of the molecule is CN1CCN(c2cccc(Nc3nc4c(-c5ccc(S(C)(=O)=O)cc5)cccn4n3)c2)CC1.CN1CCN(c2cccc(Nc3nc4c(-c5ccc(S(C)(=O)=O)cc5)cccn4n3)c2)CC1.CN1CCN(c2cccc(Nc3nc4c(-c5ccc(S(C)(=O)=O)cc5)cccn4n3)c2)CC1. The predicted molar refractivity (Wildman–Crippen MR) is 393 cm³/mol. The molecule has 12 aromatic rings. The van der Waals surface area contributed by atoms with Crippen molar-refractivity contribution in [2.45, 2.75) is 14.7 Å². The molecule has 24 nitrogen and oxygen atoms in total. The number of sulfone groups is 3. The van der Waals surface area contributed by atoms with E-state index in [0.717, 1.165) is 129 Å². The van der Waals surface area contributed by atoms with Gasteiger partial charge in [0.1, 0.15) is 0 Å². The van der Waals surface area contributed by atoms with Crippen LogP contribution in [0.25, 0.3) is 50.3 Å². The molecule has 6 aromatic carbocycles. The van der Waals surface area contributed by atoms with Crippen molar-refractivity contribution in [1.29, 1.82) is 0 Å². The Morgan fingerprint density at radius 2 is 0.566 bits per heavy atom. The lowest BCUT2D eigenvalue weighted by molar-refractivity contribution is 0.313. The molecular formula is C72H78N18O6S3. The molecule has 9 heterocycles. The lowest BCUT2D eigenvalue weighted by Gasteiger charge is -2.34. The van der Waals surface area contributed by atoms with Crippen LogP contribution in [0.2, 0.25) is 0 Å². The zero-order valence-corrected chi connectivity index (χ0v) is 58.4. The van der Waals surface area contributed by atoms with Crippen LogP contribution in [0.15, 0.2) is 215 Å². The zero-order valence-electron chi connectivity index (χ0n) is 55.9. The number of rotatable bonds is 15. The summed E-state index contributed by atoms with van der Waals surface area (Å²) in [6, 6.07) is 57.0. The number of pyridine rings is 3. The highest BCUT2D eigenvalue weighted by Gasteiger charge is 2.21. The average molecular weight is 1390 g/mol. The Bertz CT molecular complexity index is 4690. The molecule has 15 rings (SSSR count). The summed E-state index contributed by atoms with van der Waals surface area (Å²) < 4.78 is 75.8. The van der Waals surface area contributed by atoms with Gasteiger partial charge in [-0.1, -0.05) is 54.6 Å². The Balaban J connectivity index is 0.000000133. The van der Waals surface area contributed by atoms with Crippen LogP contribution in [0.5, 0.6) is 0 Å². The van der Waals surface area contributed by atoms with Crippen molar-refractivity contribution in [3.63, 3.8) is 0 Å². The van der Waals surface area contributed by atoms with Crippen molar-refractivity contribution in [3.05, 3.63) is 201 Å². The maximum Gasteiger partial charge on any atom is 0.247 e. The first-order chi connectivity index (χ1) is 47.6. The van der Waals surface area contributed by atoms with E-state index >= 15 is 0 Å². The summed E-state index contributed by atoms with van der Waals surface area (Å²) in [6.45, 7) is 12.4. The topological polar surface area (TPSA) is 249 Å². The molecule has 0 aliphatic carbocycles. The monoisotopic (exact) mass is 1390 g/mol. The second-order valence-electron chi connectivity index (χ2n) is 25.2. The van der Waals surface area contributed by atoms with Gasteiger partial charge in [-0.15, -0.1) is 15.3 Å². The molecule has 3 aliphatic heterocycles. The molecule has 0 spiro atoms. The molecule has 3 aliphatic rings. The van der Waals surface area contributed by atoms with Gasteiger partial charge in [-0.3, -0.25) is 0 Å². The van der Waals surface area contributed by atoms with Crippen LogP contribution in [-0.4, -0.2) is 202 Å². The van der Waals surface area contributed by atoms with Crippen LogP contribution in [-0.2, 0) is 29.5 Å². The van der Waals surface area contributed by atoms with E-state index in [-0.39, 0.29) is 0 Å². The molecule has 3 saturated heterocycles. The largest absolute Gasteiger partial charge is 0.369 e. The maximum atomic E-state index is 11.8. The van der Waals surface area contributed by atoms with Crippen LogP contribution in [0, 0.1) is 0 Å². The van der Waals surface area contributed by atoms with Crippen LogP contribution in [0.3, 0.4) is 0 Å². The fraction of sp³-hybridized carbons (Fsp3) is 0.250. The Labute approximate surface area is 576 Å². The van der Waals surface area contributed by atoms with E-state index in [1.54, 1.807) is 86.3 Å². The Hall–Kier alpha value is -10.3. The first kappa shape index (κ1) is 67.3. The van der Waals surface area contributed by atoms with E-state index < -0.39 is 29.5 Å². The third-order valence-corrected chi connectivity index (χ3v) is 21.2. The van der Waals surface area contributed by atoms with Gasteiger partial charge in [-0.25, -0.2) is 38.8 Å². The lowest BCUT2D eigenvalue weighted by Crippen LogP contribution is -2.44. The number of nitrogens with zero attached hydrogens (tertiary/aromatic N) is 15. The average Bonchev–Trinajstić information content (AvgIpc) is 1.22. The molecule has 3 fully saturated rings. The normalized spacial score (nSPS) is 15.2. The lowest BCUT2D eigenvalue weighted by atomic mass is 10.1. The van der Waals surface area contributed by atoms with Crippen LogP contribution >= 0.6 is 0 Å². The second-order valence-corrected chi connectivity index (χ2v) is 31.2. The van der Waals surface area contributed by atoms with Crippen molar-refractivity contribution in [2.24, 2.45) is 0 Å². The third-order valence-electron chi connectivity index (χ3n) is 17.8. The van der Waals surface area contributed by atoms with Gasteiger partial charge in [0.05, 0.1) is 14.7 Å². The summed E-state index contributed by atoms with van der Waals surface area (Å²) in [6.07, 6.45) is 9.17. The fourth-order valence-electron chi connectivity index (χ4n) is 12.1. The minimum atomic E-state index is -3.24. The number of benzene rings is 6. The predicted octanol–water partition coefficient (Wildman–Crippen LogP) is 9.89. The van der Waals surface area contributed by atoms with E-state index in [1.807, 2.05) is 91.4 Å². The quantitative estimate of drug-likeness (QED) is 0.0863. The summed E-state index contributed by atoms with van der Waals surface area (Å²) in [7, 11) is -3.26. The fourth-order valence-corrected chi connectivity index (χ4v) is 14.0. The van der Waals surface area contributed by atoms with Crippen LogP contribution < -0.4 is 30.7 Å². The molecule has 27 heteroatoms. The van der Waals surface area contributed by atoms with Gasteiger partial charge >= 0.3 is 0 Å². The number of hydrogen-bond donors (Lipinski definition) is 3. The number of nitrogens with one attached hydrogen (secondary N) is 3. The van der Waals surface area contributed by atoms with Crippen molar-refractivity contribution < 1.29 is 25.3 Å². The zero-order chi connectivity index (χ0) is 69.0. The van der Waals surface area contributed by atoms with Crippen molar-refractivity contribution in [2.75, 3.05) is 149 Å². The molecular weight excluding hydrogens is 1310 g/mol. The smallest absolute Gasteiger partial charge is 0.247 e. The summed E-state index contributed by atoms with van der Waals surface area (Å²) in [5, 5.41) is 23.7. The third kappa shape index (κ3) is 16.2.